The summed E-state index contributed by atoms with van der Waals surface area (Å²) in [5.74, 6) is 1.95. The molecule has 0 atom stereocenters. The van der Waals surface area contributed by atoms with Crippen LogP contribution in [0.2, 0.25) is 0 Å². The summed E-state index contributed by atoms with van der Waals surface area (Å²) < 4.78 is 15.9. The van der Waals surface area contributed by atoms with Gasteiger partial charge >= 0.3 is 0 Å². The van der Waals surface area contributed by atoms with Crippen LogP contribution in [-0.4, -0.2) is 23.4 Å². The van der Waals surface area contributed by atoms with E-state index in [1.807, 2.05) is 13.8 Å². The number of nitrogens with zero attached hydrogens (tertiary/aromatic N) is 2. The van der Waals surface area contributed by atoms with Gasteiger partial charge in [-0.05, 0) is 32.6 Å². The summed E-state index contributed by atoms with van der Waals surface area (Å²) in [4.78, 5) is 4.30. The van der Waals surface area contributed by atoms with E-state index < -0.39 is 6.29 Å². The maximum atomic E-state index is 5.38. The molecule has 0 saturated heterocycles. The van der Waals surface area contributed by atoms with Gasteiger partial charge in [0.1, 0.15) is 0 Å². The molecule has 1 aliphatic rings. The minimum Gasteiger partial charge on any atom is -0.345 e. The minimum atomic E-state index is -0.518. The van der Waals surface area contributed by atoms with Crippen LogP contribution in [-0.2, 0) is 15.9 Å². The fourth-order valence-corrected chi connectivity index (χ4v) is 1.52. The Hall–Kier alpha value is -0.940. The Kier molecular flexibility index (Phi) is 3.90. The van der Waals surface area contributed by atoms with Crippen molar-refractivity contribution in [3.8, 4) is 0 Å². The lowest BCUT2D eigenvalue weighted by molar-refractivity contribution is -0.155. The molecule has 0 radical (unpaired) electrons. The van der Waals surface area contributed by atoms with Gasteiger partial charge in [0.2, 0.25) is 6.29 Å². The lowest BCUT2D eigenvalue weighted by Crippen LogP contribution is -2.09. The van der Waals surface area contributed by atoms with Crippen molar-refractivity contribution >= 4 is 0 Å². The Bertz CT molecular complexity index is 317. The molecule has 0 N–H and O–H groups in total. The normalized spacial score (nSPS) is 15.9. The number of ether oxygens (including phenoxy) is 2. The smallest absolute Gasteiger partial charge is 0.283 e. The van der Waals surface area contributed by atoms with E-state index in [4.69, 9.17) is 14.0 Å². The molecular formula is C11H18N2O3. The van der Waals surface area contributed by atoms with Crippen molar-refractivity contribution < 1.29 is 14.0 Å². The summed E-state index contributed by atoms with van der Waals surface area (Å²) in [5, 5.41) is 3.94. The van der Waals surface area contributed by atoms with E-state index >= 15 is 0 Å². The van der Waals surface area contributed by atoms with E-state index in [0.29, 0.717) is 19.1 Å². The fraction of sp³-hybridized carbons (Fsp3) is 0.818. The van der Waals surface area contributed by atoms with Crippen LogP contribution in [0.25, 0.3) is 0 Å². The second kappa shape index (κ2) is 5.41. The lowest BCUT2D eigenvalue weighted by Gasteiger charge is -2.11. The average Bonchev–Trinajstić information content (AvgIpc) is 2.95. The quantitative estimate of drug-likeness (QED) is 0.666. The predicted molar refractivity (Wildman–Crippen MR) is 56.7 cm³/mol. The average molecular weight is 226 g/mol. The minimum absolute atomic E-state index is 0.430. The molecule has 1 aromatic rings. The Labute approximate surface area is 95.1 Å². The fourth-order valence-electron chi connectivity index (χ4n) is 1.52. The van der Waals surface area contributed by atoms with Crippen molar-refractivity contribution in [1.29, 1.82) is 0 Å². The number of rotatable bonds is 7. The zero-order chi connectivity index (χ0) is 11.4. The van der Waals surface area contributed by atoms with Gasteiger partial charge in [0.25, 0.3) is 5.89 Å². The third-order valence-corrected chi connectivity index (χ3v) is 2.49. The van der Waals surface area contributed by atoms with E-state index in [0.717, 1.165) is 18.2 Å². The Morgan fingerprint density at radius 1 is 1.31 bits per heavy atom. The van der Waals surface area contributed by atoms with Gasteiger partial charge in [-0.2, -0.15) is 4.98 Å². The highest BCUT2D eigenvalue weighted by Crippen LogP contribution is 2.32. The van der Waals surface area contributed by atoms with Gasteiger partial charge in [0, 0.05) is 19.6 Å². The second-order valence-corrected chi connectivity index (χ2v) is 3.94. The van der Waals surface area contributed by atoms with Gasteiger partial charge in [-0.3, -0.25) is 0 Å². The van der Waals surface area contributed by atoms with Crippen LogP contribution in [0.1, 0.15) is 44.7 Å². The first-order valence-corrected chi connectivity index (χ1v) is 5.89. The highest BCUT2D eigenvalue weighted by molar-refractivity contribution is 4.92. The summed E-state index contributed by atoms with van der Waals surface area (Å²) in [6.45, 7) is 4.94. The zero-order valence-corrected chi connectivity index (χ0v) is 9.81. The molecule has 90 valence electrons. The van der Waals surface area contributed by atoms with Crippen molar-refractivity contribution in [2.75, 3.05) is 13.2 Å². The summed E-state index contributed by atoms with van der Waals surface area (Å²) in [7, 11) is 0. The van der Waals surface area contributed by atoms with Gasteiger partial charge in [0.15, 0.2) is 5.82 Å². The first-order valence-electron chi connectivity index (χ1n) is 5.89. The molecule has 1 aromatic heterocycles. The lowest BCUT2D eigenvalue weighted by atomic mass is 10.3. The van der Waals surface area contributed by atoms with E-state index in [2.05, 4.69) is 10.1 Å². The van der Waals surface area contributed by atoms with Crippen molar-refractivity contribution in [2.24, 2.45) is 5.92 Å². The second-order valence-electron chi connectivity index (χ2n) is 3.94. The van der Waals surface area contributed by atoms with E-state index in [9.17, 15) is 0 Å². The number of hydrogen-bond acceptors (Lipinski definition) is 5. The molecule has 5 nitrogen and oxygen atoms in total. The highest BCUT2D eigenvalue weighted by atomic mass is 16.7. The predicted octanol–water partition coefficient (Wildman–Crippen LogP) is 2.09. The summed E-state index contributed by atoms with van der Waals surface area (Å²) >= 11 is 0. The van der Waals surface area contributed by atoms with Crippen LogP contribution in [0.4, 0.5) is 0 Å². The molecule has 1 aliphatic carbocycles. The highest BCUT2D eigenvalue weighted by Gasteiger charge is 2.26. The van der Waals surface area contributed by atoms with Crippen LogP contribution in [0.3, 0.4) is 0 Å². The molecule has 2 rings (SSSR count). The first kappa shape index (κ1) is 11.5. The molecule has 0 aliphatic heterocycles. The molecule has 0 amide bonds. The SMILES string of the molecule is CCOC(OCC)c1nc(CC2CC2)no1. The molecule has 5 heteroatoms. The monoisotopic (exact) mass is 226 g/mol. The molecule has 16 heavy (non-hydrogen) atoms. The molecule has 1 heterocycles. The Balaban J connectivity index is 1.96. The summed E-state index contributed by atoms with van der Waals surface area (Å²) in [5.41, 5.74) is 0. The summed E-state index contributed by atoms with van der Waals surface area (Å²) in [6.07, 6.45) is 2.96. The topological polar surface area (TPSA) is 57.4 Å². The maximum absolute atomic E-state index is 5.38. The van der Waals surface area contributed by atoms with E-state index in [-0.39, 0.29) is 0 Å². The van der Waals surface area contributed by atoms with Crippen molar-refractivity contribution in [1.82, 2.24) is 10.1 Å². The third kappa shape index (κ3) is 3.02. The standard InChI is InChI=1S/C11H18N2O3/c1-3-14-11(15-4-2)10-12-9(13-16-10)7-8-5-6-8/h8,11H,3-7H2,1-2H3. The van der Waals surface area contributed by atoms with E-state index in [1.165, 1.54) is 12.8 Å². The molecule has 0 unspecified atom stereocenters. The largest absolute Gasteiger partial charge is 0.345 e. The van der Waals surface area contributed by atoms with Crippen LogP contribution >= 0.6 is 0 Å². The van der Waals surface area contributed by atoms with Crippen LogP contribution in [0, 0.1) is 5.92 Å². The van der Waals surface area contributed by atoms with Crippen LogP contribution in [0.5, 0.6) is 0 Å². The summed E-state index contributed by atoms with van der Waals surface area (Å²) in [6, 6.07) is 0. The van der Waals surface area contributed by atoms with E-state index in [1.54, 1.807) is 0 Å². The Morgan fingerprint density at radius 3 is 2.56 bits per heavy atom. The van der Waals surface area contributed by atoms with Gasteiger partial charge < -0.3 is 14.0 Å². The Morgan fingerprint density at radius 2 is 2.00 bits per heavy atom. The number of aromatic nitrogens is 2. The van der Waals surface area contributed by atoms with Gasteiger partial charge in [0.05, 0.1) is 0 Å². The van der Waals surface area contributed by atoms with Gasteiger partial charge in [-0.15, -0.1) is 0 Å². The molecule has 0 bridgehead atoms. The molecule has 1 fully saturated rings. The molecule has 0 spiro atoms. The zero-order valence-electron chi connectivity index (χ0n) is 9.81. The van der Waals surface area contributed by atoms with Crippen molar-refractivity contribution in [2.45, 2.75) is 39.4 Å². The van der Waals surface area contributed by atoms with Crippen LogP contribution < -0.4 is 0 Å². The maximum Gasteiger partial charge on any atom is 0.283 e. The molecule has 1 saturated carbocycles. The first-order chi connectivity index (χ1) is 7.83. The van der Waals surface area contributed by atoms with Crippen molar-refractivity contribution in [3.05, 3.63) is 11.7 Å². The van der Waals surface area contributed by atoms with Crippen molar-refractivity contribution in [3.63, 3.8) is 0 Å². The third-order valence-electron chi connectivity index (χ3n) is 2.49. The molecule has 0 aromatic carbocycles. The number of hydrogen-bond donors (Lipinski definition) is 0. The van der Waals surface area contributed by atoms with Gasteiger partial charge in [-0.1, -0.05) is 5.16 Å². The van der Waals surface area contributed by atoms with Gasteiger partial charge in [-0.25, -0.2) is 0 Å². The van der Waals surface area contributed by atoms with Crippen LogP contribution in [0.15, 0.2) is 4.52 Å². The molecular weight excluding hydrogens is 208 g/mol.